The predicted octanol–water partition coefficient (Wildman–Crippen LogP) is 2.88. The van der Waals surface area contributed by atoms with Gasteiger partial charge in [0.15, 0.2) is 0 Å². The fraction of sp³-hybridized carbons (Fsp3) is 0.500. The lowest BCUT2D eigenvalue weighted by Crippen LogP contribution is -2.40. The number of aryl methyl sites for hydroxylation is 1. The molecule has 25 heavy (non-hydrogen) atoms. The zero-order chi connectivity index (χ0) is 17.6. The van der Waals surface area contributed by atoms with Crippen LogP contribution in [0.4, 0.5) is 0 Å². The minimum absolute atomic E-state index is 0.0603. The molecule has 1 amide bonds. The minimum Gasteiger partial charge on any atom is -0.361 e. The Bertz CT molecular complexity index is 719. The molecule has 7 heteroatoms. The van der Waals surface area contributed by atoms with Gasteiger partial charge in [0, 0.05) is 30.6 Å². The second kappa shape index (κ2) is 8.49. The van der Waals surface area contributed by atoms with Crippen molar-refractivity contribution in [1.29, 1.82) is 0 Å². The number of aromatic nitrogens is 2. The molecule has 2 aromatic rings. The highest BCUT2D eigenvalue weighted by Crippen LogP contribution is 2.24. The van der Waals surface area contributed by atoms with Gasteiger partial charge in [-0.05, 0) is 45.0 Å². The maximum atomic E-state index is 12.6. The molecule has 0 aliphatic carbocycles. The van der Waals surface area contributed by atoms with Crippen molar-refractivity contribution in [3.63, 3.8) is 0 Å². The number of hydrogen-bond donors (Lipinski definition) is 1. The number of thioether (sulfide) groups is 1. The average molecular weight is 360 g/mol. The van der Waals surface area contributed by atoms with E-state index < -0.39 is 0 Å². The number of nitrogens with zero attached hydrogens (tertiary/aromatic N) is 3. The first kappa shape index (κ1) is 17.9. The summed E-state index contributed by atoms with van der Waals surface area (Å²) in [6.45, 7) is 6.88. The number of rotatable bonds is 7. The van der Waals surface area contributed by atoms with Crippen molar-refractivity contribution >= 4 is 17.7 Å². The maximum absolute atomic E-state index is 12.6. The molecular weight excluding hydrogens is 336 g/mol. The molecule has 0 saturated carbocycles. The van der Waals surface area contributed by atoms with E-state index in [1.165, 1.54) is 18.2 Å². The minimum atomic E-state index is -0.0603. The van der Waals surface area contributed by atoms with E-state index in [2.05, 4.69) is 27.3 Å². The van der Waals surface area contributed by atoms with Crippen molar-refractivity contribution in [1.82, 2.24) is 20.4 Å². The lowest BCUT2D eigenvalue weighted by atomic mass is 10.2. The van der Waals surface area contributed by atoms with Gasteiger partial charge >= 0.3 is 0 Å². The molecule has 0 radical (unpaired) electrons. The second-order valence-corrected chi connectivity index (χ2v) is 7.17. The van der Waals surface area contributed by atoms with Crippen molar-refractivity contribution in [3.8, 4) is 0 Å². The predicted molar refractivity (Wildman–Crippen MR) is 97.6 cm³/mol. The van der Waals surface area contributed by atoms with Crippen molar-refractivity contribution in [3.05, 3.63) is 41.4 Å². The summed E-state index contributed by atoms with van der Waals surface area (Å²) in [6.07, 6.45) is 4.07. The van der Waals surface area contributed by atoms with Crippen LogP contribution in [-0.4, -0.2) is 46.6 Å². The van der Waals surface area contributed by atoms with Gasteiger partial charge in [0.2, 0.25) is 0 Å². The molecule has 0 bridgehead atoms. The maximum Gasteiger partial charge on any atom is 0.254 e. The number of likely N-dealkylation sites (tertiary alicyclic amines) is 1. The Morgan fingerprint density at radius 2 is 2.40 bits per heavy atom. The van der Waals surface area contributed by atoms with Crippen molar-refractivity contribution in [2.24, 2.45) is 0 Å². The average Bonchev–Trinajstić information content (AvgIpc) is 3.26. The van der Waals surface area contributed by atoms with Crippen LogP contribution in [-0.2, 0) is 5.75 Å². The number of carbonyl (C=O) groups is 1. The Hall–Kier alpha value is -1.86. The molecule has 134 valence electrons. The molecule has 6 nitrogen and oxygen atoms in total. The molecule has 1 fully saturated rings. The molecular formula is C18H24N4O2S. The zero-order valence-electron chi connectivity index (χ0n) is 14.7. The summed E-state index contributed by atoms with van der Waals surface area (Å²) >= 11 is 1.50. The van der Waals surface area contributed by atoms with Crippen LogP contribution in [0, 0.1) is 6.92 Å². The Labute approximate surface area is 152 Å². The number of nitrogens with one attached hydrogen (secondary N) is 1. The van der Waals surface area contributed by atoms with Crippen LogP contribution in [0.25, 0.3) is 0 Å². The molecule has 0 spiro atoms. The van der Waals surface area contributed by atoms with Gasteiger partial charge in [-0.25, -0.2) is 4.98 Å². The van der Waals surface area contributed by atoms with E-state index >= 15 is 0 Å². The highest BCUT2D eigenvalue weighted by molar-refractivity contribution is 7.98. The van der Waals surface area contributed by atoms with Crippen LogP contribution >= 0.6 is 11.8 Å². The van der Waals surface area contributed by atoms with Crippen LogP contribution < -0.4 is 5.32 Å². The third-order valence-electron chi connectivity index (χ3n) is 4.45. The zero-order valence-corrected chi connectivity index (χ0v) is 15.5. The number of hydrogen-bond acceptors (Lipinski definition) is 6. The van der Waals surface area contributed by atoms with Crippen molar-refractivity contribution < 1.29 is 9.32 Å². The highest BCUT2D eigenvalue weighted by atomic mass is 32.2. The molecule has 2 aromatic heterocycles. The SMILES string of the molecule is CCN1CCCC1CNC(=O)c1cccnc1SCc1cc(C)on1. The monoisotopic (exact) mass is 360 g/mol. The van der Waals surface area contributed by atoms with Gasteiger partial charge in [0.25, 0.3) is 5.91 Å². The Kier molecular flexibility index (Phi) is 6.09. The molecule has 1 unspecified atom stereocenters. The first-order chi connectivity index (χ1) is 12.2. The van der Waals surface area contributed by atoms with Crippen molar-refractivity contribution in [2.45, 2.75) is 43.5 Å². The van der Waals surface area contributed by atoms with Gasteiger partial charge < -0.3 is 9.84 Å². The van der Waals surface area contributed by atoms with Crippen LogP contribution in [0.1, 0.15) is 41.6 Å². The van der Waals surface area contributed by atoms with Crippen LogP contribution in [0.5, 0.6) is 0 Å². The van der Waals surface area contributed by atoms with Crippen LogP contribution in [0.15, 0.2) is 33.9 Å². The molecule has 1 aliphatic heterocycles. The molecule has 3 heterocycles. The van der Waals surface area contributed by atoms with E-state index in [0.717, 1.165) is 36.0 Å². The van der Waals surface area contributed by atoms with Gasteiger partial charge in [0.1, 0.15) is 10.8 Å². The van der Waals surface area contributed by atoms with Gasteiger partial charge in [-0.1, -0.05) is 23.8 Å². The largest absolute Gasteiger partial charge is 0.361 e. The van der Waals surface area contributed by atoms with E-state index in [0.29, 0.717) is 23.9 Å². The summed E-state index contributed by atoms with van der Waals surface area (Å²) in [6, 6.07) is 5.97. The summed E-state index contributed by atoms with van der Waals surface area (Å²) < 4.78 is 5.08. The lowest BCUT2D eigenvalue weighted by molar-refractivity contribution is 0.0937. The smallest absolute Gasteiger partial charge is 0.254 e. The van der Waals surface area contributed by atoms with E-state index in [4.69, 9.17) is 4.52 Å². The molecule has 0 aromatic carbocycles. The van der Waals surface area contributed by atoms with E-state index in [1.54, 1.807) is 12.3 Å². The van der Waals surface area contributed by atoms with E-state index in [9.17, 15) is 4.79 Å². The fourth-order valence-corrected chi connectivity index (χ4v) is 4.03. The Morgan fingerprint density at radius 1 is 1.52 bits per heavy atom. The summed E-state index contributed by atoms with van der Waals surface area (Å²) in [4.78, 5) is 19.4. The van der Waals surface area contributed by atoms with Crippen LogP contribution in [0.3, 0.4) is 0 Å². The first-order valence-corrected chi connectivity index (χ1v) is 9.68. The quantitative estimate of drug-likeness (QED) is 0.766. The topological polar surface area (TPSA) is 71.3 Å². The summed E-state index contributed by atoms with van der Waals surface area (Å²) in [5, 5.41) is 7.78. The molecule has 3 rings (SSSR count). The third-order valence-corrected chi connectivity index (χ3v) is 5.49. The van der Waals surface area contributed by atoms with Gasteiger partial charge in [0.05, 0.1) is 11.3 Å². The molecule has 1 aliphatic rings. The third kappa shape index (κ3) is 4.61. The Morgan fingerprint density at radius 3 is 3.16 bits per heavy atom. The second-order valence-electron chi connectivity index (χ2n) is 6.21. The number of pyridine rings is 1. The van der Waals surface area contributed by atoms with Gasteiger partial charge in [-0.15, -0.1) is 0 Å². The fourth-order valence-electron chi connectivity index (χ4n) is 3.16. The normalized spacial score (nSPS) is 17.8. The lowest BCUT2D eigenvalue weighted by Gasteiger charge is -2.23. The highest BCUT2D eigenvalue weighted by Gasteiger charge is 2.24. The van der Waals surface area contributed by atoms with E-state index in [1.807, 2.05) is 19.1 Å². The summed E-state index contributed by atoms with van der Waals surface area (Å²) in [5.74, 6) is 1.35. The number of likely N-dealkylation sites (N-methyl/N-ethyl adjacent to an activating group) is 1. The molecule has 1 saturated heterocycles. The van der Waals surface area contributed by atoms with Crippen molar-refractivity contribution in [2.75, 3.05) is 19.6 Å². The van der Waals surface area contributed by atoms with Crippen LogP contribution in [0.2, 0.25) is 0 Å². The number of amides is 1. The number of carbonyl (C=O) groups excluding carboxylic acids is 1. The molecule has 1 N–H and O–H groups in total. The summed E-state index contributed by atoms with van der Waals surface area (Å²) in [7, 11) is 0. The van der Waals surface area contributed by atoms with Gasteiger partial charge in [-0.3, -0.25) is 9.69 Å². The Balaban J connectivity index is 1.60. The molecule has 1 atom stereocenters. The first-order valence-electron chi connectivity index (χ1n) is 8.69. The standard InChI is InChI=1S/C18H24N4O2S/c1-3-22-9-5-6-15(22)11-20-17(23)16-7-4-8-19-18(16)25-12-14-10-13(2)24-21-14/h4,7-8,10,15H,3,5-6,9,11-12H2,1-2H3,(H,20,23). The van der Waals surface area contributed by atoms with E-state index in [-0.39, 0.29) is 5.91 Å². The summed E-state index contributed by atoms with van der Waals surface area (Å²) in [5.41, 5.74) is 1.47. The van der Waals surface area contributed by atoms with Gasteiger partial charge in [-0.2, -0.15) is 0 Å².